The van der Waals surface area contributed by atoms with Crippen molar-refractivity contribution in [2.45, 2.75) is 19.9 Å². The molecule has 3 aromatic rings. The maximum absolute atomic E-state index is 5.37. The van der Waals surface area contributed by atoms with E-state index in [-0.39, 0.29) is 6.04 Å². The van der Waals surface area contributed by atoms with Crippen LogP contribution in [0.4, 0.5) is 0 Å². The van der Waals surface area contributed by atoms with E-state index >= 15 is 0 Å². The molecule has 0 aliphatic carbocycles. The molecule has 0 N–H and O–H groups in total. The first-order chi connectivity index (χ1) is 10.7. The molecule has 0 amide bonds. The van der Waals surface area contributed by atoms with Gasteiger partial charge in [-0.1, -0.05) is 17.3 Å². The summed E-state index contributed by atoms with van der Waals surface area (Å²) in [7, 11) is 1.65. The van der Waals surface area contributed by atoms with Gasteiger partial charge in [-0.15, -0.1) is 5.10 Å². The average molecular weight is 295 g/mol. The lowest BCUT2D eigenvalue weighted by atomic mass is 10.1. The zero-order chi connectivity index (χ0) is 15.5. The summed E-state index contributed by atoms with van der Waals surface area (Å²) in [6.07, 6.45) is 5.42. The number of ether oxygens (including phenoxy) is 1. The number of rotatable bonds is 4. The van der Waals surface area contributed by atoms with E-state index < -0.39 is 0 Å². The van der Waals surface area contributed by atoms with Crippen LogP contribution < -0.4 is 4.74 Å². The van der Waals surface area contributed by atoms with Crippen molar-refractivity contribution in [3.8, 4) is 17.0 Å². The zero-order valence-corrected chi connectivity index (χ0v) is 12.8. The van der Waals surface area contributed by atoms with E-state index in [0.717, 1.165) is 28.4 Å². The van der Waals surface area contributed by atoms with Gasteiger partial charge in [-0.25, -0.2) is 4.68 Å². The van der Waals surface area contributed by atoms with Gasteiger partial charge in [0.1, 0.15) is 11.4 Å². The van der Waals surface area contributed by atoms with Crippen LogP contribution in [0.25, 0.3) is 11.3 Å². The number of methoxy groups -OCH3 is 1. The van der Waals surface area contributed by atoms with Crippen molar-refractivity contribution in [3.63, 3.8) is 0 Å². The number of para-hydroxylation sites is 1. The van der Waals surface area contributed by atoms with E-state index in [0.29, 0.717) is 0 Å². The fourth-order valence-electron chi connectivity index (χ4n) is 2.20. The van der Waals surface area contributed by atoms with Gasteiger partial charge < -0.3 is 4.74 Å². The molecule has 1 aromatic carbocycles. The van der Waals surface area contributed by atoms with Gasteiger partial charge in [0, 0.05) is 11.8 Å². The number of benzene rings is 1. The highest BCUT2D eigenvalue weighted by atomic mass is 16.5. The van der Waals surface area contributed by atoms with Crippen molar-refractivity contribution in [1.29, 1.82) is 0 Å². The normalized spacial score (nSPS) is 12.1. The molecule has 0 saturated heterocycles. The Balaban J connectivity index is 1.92. The third-order valence-electron chi connectivity index (χ3n) is 3.52. The molecule has 0 fully saturated rings. The lowest BCUT2D eigenvalue weighted by Gasteiger charge is -2.10. The van der Waals surface area contributed by atoms with Crippen molar-refractivity contribution in [1.82, 2.24) is 25.0 Å². The first-order valence-electron chi connectivity index (χ1n) is 7.03. The van der Waals surface area contributed by atoms with Crippen LogP contribution in [0, 0.1) is 6.92 Å². The minimum atomic E-state index is -0.0379. The minimum Gasteiger partial charge on any atom is -0.496 e. The lowest BCUT2D eigenvalue weighted by Crippen LogP contribution is -2.09. The highest BCUT2D eigenvalue weighted by Crippen LogP contribution is 2.28. The van der Waals surface area contributed by atoms with Crippen LogP contribution in [0.5, 0.6) is 5.75 Å². The van der Waals surface area contributed by atoms with Gasteiger partial charge >= 0.3 is 0 Å². The molecular weight excluding hydrogens is 278 g/mol. The van der Waals surface area contributed by atoms with E-state index in [4.69, 9.17) is 4.74 Å². The molecule has 6 nitrogen and oxygen atoms in total. The average Bonchev–Trinajstić information content (AvgIpc) is 3.04. The monoisotopic (exact) mass is 295 g/mol. The predicted octanol–water partition coefficient (Wildman–Crippen LogP) is 2.66. The Bertz CT molecular complexity index is 766. The summed E-state index contributed by atoms with van der Waals surface area (Å²) in [6.45, 7) is 3.93. The molecule has 0 saturated carbocycles. The summed E-state index contributed by atoms with van der Waals surface area (Å²) in [4.78, 5) is 8.67. The molecule has 6 heteroatoms. The number of aryl methyl sites for hydroxylation is 1. The van der Waals surface area contributed by atoms with Gasteiger partial charge in [0.05, 0.1) is 36.9 Å². The van der Waals surface area contributed by atoms with Crippen LogP contribution in [-0.2, 0) is 0 Å². The molecule has 0 radical (unpaired) electrons. The molecule has 22 heavy (non-hydrogen) atoms. The van der Waals surface area contributed by atoms with Gasteiger partial charge in [0.25, 0.3) is 0 Å². The SMILES string of the molecule is COc1ccccc1-c1cn(C(C)c2cnc(C)cn2)nn1. The highest BCUT2D eigenvalue weighted by molar-refractivity contribution is 5.66. The summed E-state index contributed by atoms with van der Waals surface area (Å²) in [5, 5.41) is 8.45. The van der Waals surface area contributed by atoms with Crippen LogP contribution in [0.2, 0.25) is 0 Å². The van der Waals surface area contributed by atoms with E-state index in [1.807, 2.05) is 44.3 Å². The largest absolute Gasteiger partial charge is 0.496 e. The fourth-order valence-corrected chi connectivity index (χ4v) is 2.20. The molecular formula is C16H17N5O. The van der Waals surface area contributed by atoms with E-state index in [1.54, 1.807) is 24.2 Å². The van der Waals surface area contributed by atoms with Crippen LogP contribution in [0.3, 0.4) is 0 Å². The van der Waals surface area contributed by atoms with Crippen LogP contribution in [0.15, 0.2) is 42.9 Å². The molecule has 0 bridgehead atoms. The predicted molar refractivity (Wildman–Crippen MR) is 82.6 cm³/mol. The molecule has 2 heterocycles. The second-order valence-corrected chi connectivity index (χ2v) is 5.04. The van der Waals surface area contributed by atoms with Crippen molar-refractivity contribution >= 4 is 0 Å². The van der Waals surface area contributed by atoms with Crippen molar-refractivity contribution in [2.75, 3.05) is 7.11 Å². The summed E-state index contributed by atoms with van der Waals surface area (Å²) in [6, 6.07) is 7.71. The van der Waals surface area contributed by atoms with Crippen molar-refractivity contribution < 1.29 is 4.74 Å². The summed E-state index contributed by atoms with van der Waals surface area (Å²) in [5.41, 5.74) is 3.43. The van der Waals surface area contributed by atoms with Crippen LogP contribution >= 0.6 is 0 Å². The Labute approximate surface area is 128 Å². The standard InChI is InChI=1S/C16H17N5O/c1-11-8-18-14(9-17-11)12(2)21-10-15(19-20-21)13-6-4-5-7-16(13)22-3/h4-10,12H,1-3H3. The topological polar surface area (TPSA) is 65.7 Å². The number of aromatic nitrogens is 5. The quantitative estimate of drug-likeness (QED) is 0.740. The first kappa shape index (κ1) is 14.2. The second-order valence-electron chi connectivity index (χ2n) is 5.04. The van der Waals surface area contributed by atoms with E-state index in [1.165, 1.54) is 0 Å². The third-order valence-corrected chi connectivity index (χ3v) is 3.52. The Morgan fingerprint density at radius 3 is 2.68 bits per heavy atom. The van der Waals surface area contributed by atoms with Gasteiger partial charge in [0.2, 0.25) is 0 Å². The molecule has 1 unspecified atom stereocenters. The minimum absolute atomic E-state index is 0.0379. The smallest absolute Gasteiger partial charge is 0.128 e. The zero-order valence-electron chi connectivity index (χ0n) is 12.8. The molecule has 3 rings (SSSR count). The second kappa shape index (κ2) is 5.93. The van der Waals surface area contributed by atoms with E-state index in [9.17, 15) is 0 Å². The van der Waals surface area contributed by atoms with E-state index in [2.05, 4.69) is 20.3 Å². The van der Waals surface area contributed by atoms with Crippen molar-refractivity contribution in [2.24, 2.45) is 0 Å². The van der Waals surface area contributed by atoms with Gasteiger partial charge in [-0.3, -0.25) is 9.97 Å². The molecule has 2 aromatic heterocycles. The van der Waals surface area contributed by atoms with Crippen LogP contribution in [0.1, 0.15) is 24.4 Å². The Hall–Kier alpha value is -2.76. The number of nitrogens with zero attached hydrogens (tertiary/aromatic N) is 5. The molecule has 0 aliphatic heterocycles. The third kappa shape index (κ3) is 2.67. The Morgan fingerprint density at radius 2 is 1.95 bits per heavy atom. The lowest BCUT2D eigenvalue weighted by molar-refractivity contribution is 0.416. The summed E-state index contributed by atoms with van der Waals surface area (Å²) >= 11 is 0. The molecule has 0 spiro atoms. The van der Waals surface area contributed by atoms with Gasteiger partial charge in [-0.05, 0) is 26.0 Å². The van der Waals surface area contributed by atoms with Gasteiger partial charge in [-0.2, -0.15) is 0 Å². The molecule has 112 valence electrons. The van der Waals surface area contributed by atoms with Crippen LogP contribution in [-0.4, -0.2) is 32.1 Å². The van der Waals surface area contributed by atoms with Gasteiger partial charge in [0.15, 0.2) is 0 Å². The fraction of sp³-hybridized carbons (Fsp3) is 0.250. The maximum Gasteiger partial charge on any atom is 0.128 e. The summed E-state index contributed by atoms with van der Waals surface area (Å²) < 4.78 is 7.15. The van der Waals surface area contributed by atoms with Crippen molar-refractivity contribution in [3.05, 3.63) is 54.2 Å². The molecule has 0 aliphatic rings. The number of hydrogen-bond donors (Lipinski definition) is 0. The summed E-state index contributed by atoms with van der Waals surface area (Å²) in [5.74, 6) is 0.775. The Morgan fingerprint density at radius 1 is 1.14 bits per heavy atom. The number of hydrogen-bond acceptors (Lipinski definition) is 5. The maximum atomic E-state index is 5.37. The first-order valence-corrected chi connectivity index (χ1v) is 7.03. The Kier molecular flexibility index (Phi) is 3.82. The highest BCUT2D eigenvalue weighted by Gasteiger charge is 2.14. The molecule has 1 atom stereocenters.